The summed E-state index contributed by atoms with van der Waals surface area (Å²) in [5.74, 6) is 0.678. The Morgan fingerprint density at radius 2 is 1.93 bits per heavy atom. The fraction of sp³-hybridized carbons (Fsp3) is 0.545. The monoisotopic (exact) mass is 430 g/mol. The zero-order chi connectivity index (χ0) is 21.3. The minimum atomic E-state index is -0.415. The van der Waals surface area contributed by atoms with Crippen molar-refractivity contribution >= 4 is 28.3 Å². The number of anilines is 1. The summed E-state index contributed by atoms with van der Waals surface area (Å²) in [5.41, 5.74) is 0.912. The molecule has 1 aromatic heterocycles. The molecule has 8 heteroatoms. The minimum Gasteiger partial charge on any atom is -0.497 e. The second-order valence-electron chi connectivity index (χ2n) is 7.54. The number of nitrogens with one attached hydrogen (secondary N) is 1. The van der Waals surface area contributed by atoms with Crippen molar-refractivity contribution in [2.45, 2.75) is 64.3 Å². The molecule has 1 saturated heterocycles. The lowest BCUT2D eigenvalue weighted by molar-refractivity contribution is -0.136. The van der Waals surface area contributed by atoms with Crippen LogP contribution in [0.15, 0.2) is 24.3 Å². The van der Waals surface area contributed by atoms with E-state index in [-0.39, 0.29) is 11.8 Å². The van der Waals surface area contributed by atoms with Crippen molar-refractivity contribution in [1.29, 1.82) is 0 Å². The van der Waals surface area contributed by atoms with Crippen LogP contribution in [0.2, 0.25) is 0 Å². The highest BCUT2D eigenvalue weighted by Gasteiger charge is 2.34. The molecule has 30 heavy (non-hydrogen) atoms. The molecule has 2 aromatic rings. The number of rotatable bonds is 10. The molecule has 1 unspecified atom stereocenters. The summed E-state index contributed by atoms with van der Waals surface area (Å²) in [6, 6.07) is 7.12. The van der Waals surface area contributed by atoms with E-state index < -0.39 is 6.04 Å². The van der Waals surface area contributed by atoms with Gasteiger partial charge in [0.1, 0.15) is 16.8 Å². The number of hydrogen-bond acceptors (Lipinski definition) is 6. The summed E-state index contributed by atoms with van der Waals surface area (Å²) in [7, 11) is 1.62. The summed E-state index contributed by atoms with van der Waals surface area (Å²) in [4.78, 5) is 27.1. The average molecular weight is 431 g/mol. The topological polar surface area (TPSA) is 84.4 Å². The lowest BCUT2D eigenvalue weighted by atomic mass is 10.1. The van der Waals surface area contributed by atoms with Crippen LogP contribution in [0.25, 0.3) is 10.6 Å². The molecular weight excluding hydrogens is 400 g/mol. The number of nitrogens with zero attached hydrogens (tertiary/aromatic N) is 3. The van der Waals surface area contributed by atoms with Gasteiger partial charge in [0.2, 0.25) is 16.9 Å². The largest absolute Gasteiger partial charge is 0.497 e. The summed E-state index contributed by atoms with van der Waals surface area (Å²) in [5, 5.41) is 12.3. The molecular formula is C22H30N4O3S. The fourth-order valence-electron chi connectivity index (χ4n) is 3.67. The van der Waals surface area contributed by atoms with Gasteiger partial charge in [-0.1, -0.05) is 43.9 Å². The third-order valence-corrected chi connectivity index (χ3v) is 6.25. The average Bonchev–Trinajstić information content (AvgIpc) is 3.43. The van der Waals surface area contributed by atoms with Crippen LogP contribution in [-0.4, -0.2) is 46.6 Å². The van der Waals surface area contributed by atoms with E-state index in [0.29, 0.717) is 24.5 Å². The van der Waals surface area contributed by atoms with Crippen LogP contribution in [0.4, 0.5) is 5.13 Å². The Labute approximate surface area is 181 Å². The predicted octanol–water partition coefficient (Wildman–Crippen LogP) is 4.50. The highest BCUT2D eigenvalue weighted by molar-refractivity contribution is 7.18. The van der Waals surface area contributed by atoms with Crippen LogP contribution in [0, 0.1) is 0 Å². The van der Waals surface area contributed by atoms with E-state index in [2.05, 4.69) is 22.4 Å². The van der Waals surface area contributed by atoms with Gasteiger partial charge in [0, 0.05) is 18.5 Å². The van der Waals surface area contributed by atoms with Gasteiger partial charge in [-0.15, -0.1) is 10.2 Å². The third kappa shape index (κ3) is 5.78. The fourth-order valence-corrected chi connectivity index (χ4v) is 4.43. The van der Waals surface area contributed by atoms with Crippen LogP contribution in [0.1, 0.15) is 58.3 Å². The van der Waals surface area contributed by atoms with Gasteiger partial charge < -0.3 is 9.64 Å². The summed E-state index contributed by atoms with van der Waals surface area (Å²) >= 11 is 1.32. The first kappa shape index (κ1) is 22.2. The molecule has 2 heterocycles. The van der Waals surface area contributed by atoms with Gasteiger partial charge in [0.15, 0.2) is 0 Å². The van der Waals surface area contributed by atoms with Gasteiger partial charge in [0.25, 0.3) is 0 Å². The maximum absolute atomic E-state index is 12.8. The van der Waals surface area contributed by atoms with E-state index in [1.807, 2.05) is 24.3 Å². The van der Waals surface area contributed by atoms with Gasteiger partial charge in [-0.25, -0.2) is 0 Å². The van der Waals surface area contributed by atoms with E-state index in [4.69, 9.17) is 4.74 Å². The number of ether oxygens (including phenoxy) is 1. The van der Waals surface area contributed by atoms with E-state index in [0.717, 1.165) is 35.6 Å². The van der Waals surface area contributed by atoms with Crippen LogP contribution < -0.4 is 10.1 Å². The molecule has 1 aromatic carbocycles. The Hall–Kier alpha value is -2.48. The van der Waals surface area contributed by atoms with E-state index in [9.17, 15) is 9.59 Å². The first-order chi connectivity index (χ1) is 14.6. The first-order valence-electron chi connectivity index (χ1n) is 10.7. The van der Waals surface area contributed by atoms with Gasteiger partial charge >= 0.3 is 0 Å². The normalized spacial score (nSPS) is 15.9. The Morgan fingerprint density at radius 3 is 2.67 bits per heavy atom. The Morgan fingerprint density at radius 1 is 1.17 bits per heavy atom. The zero-order valence-corrected chi connectivity index (χ0v) is 18.5. The quantitative estimate of drug-likeness (QED) is 0.561. The third-order valence-electron chi connectivity index (χ3n) is 5.36. The van der Waals surface area contributed by atoms with Crippen LogP contribution in [-0.2, 0) is 9.59 Å². The van der Waals surface area contributed by atoms with Crippen molar-refractivity contribution in [1.82, 2.24) is 15.1 Å². The molecule has 0 spiro atoms. The summed E-state index contributed by atoms with van der Waals surface area (Å²) in [6.07, 6.45) is 7.60. The zero-order valence-electron chi connectivity index (χ0n) is 17.7. The number of carbonyl (C=O) groups excluding carboxylic acids is 2. The number of amides is 2. The van der Waals surface area contributed by atoms with E-state index in [1.54, 1.807) is 12.0 Å². The molecule has 1 atom stereocenters. The van der Waals surface area contributed by atoms with Gasteiger partial charge in [-0.05, 0) is 43.5 Å². The lowest BCUT2D eigenvalue weighted by Crippen LogP contribution is -2.43. The minimum absolute atomic E-state index is 0.0836. The second-order valence-corrected chi connectivity index (χ2v) is 8.52. The number of likely N-dealkylation sites (tertiary alicyclic amines) is 1. The van der Waals surface area contributed by atoms with E-state index in [1.165, 1.54) is 30.6 Å². The van der Waals surface area contributed by atoms with Crippen molar-refractivity contribution in [2.24, 2.45) is 0 Å². The molecule has 3 rings (SSSR count). The smallest absolute Gasteiger partial charge is 0.249 e. The number of methoxy groups -OCH3 is 1. The Bertz CT molecular complexity index is 837. The maximum Gasteiger partial charge on any atom is 0.249 e. The van der Waals surface area contributed by atoms with Crippen molar-refractivity contribution in [3.8, 4) is 16.3 Å². The molecule has 0 radical (unpaired) electrons. The molecule has 0 aliphatic carbocycles. The molecule has 1 aliphatic rings. The number of unbranched alkanes of at least 4 members (excludes halogenated alkanes) is 4. The second kappa shape index (κ2) is 11.1. The Kier molecular flexibility index (Phi) is 8.19. The number of hydrogen-bond donors (Lipinski definition) is 1. The molecule has 1 N–H and O–H groups in total. The molecule has 162 valence electrons. The van der Waals surface area contributed by atoms with Gasteiger partial charge in [-0.3, -0.25) is 14.9 Å². The van der Waals surface area contributed by atoms with Gasteiger partial charge in [0.05, 0.1) is 7.11 Å². The van der Waals surface area contributed by atoms with Crippen molar-refractivity contribution in [3.05, 3.63) is 24.3 Å². The number of benzene rings is 1. The van der Waals surface area contributed by atoms with Crippen molar-refractivity contribution in [3.63, 3.8) is 0 Å². The molecule has 1 aliphatic heterocycles. The van der Waals surface area contributed by atoms with Crippen LogP contribution >= 0.6 is 11.3 Å². The standard InChI is InChI=1S/C22H30N4O3S/c1-3-4-5-6-7-10-19(27)26-15-8-9-18(26)20(28)23-22-25-24-21(30-22)16-11-13-17(29-2)14-12-16/h11-14,18H,3-10,15H2,1-2H3,(H,23,25,28). The maximum atomic E-state index is 12.8. The van der Waals surface area contributed by atoms with Gasteiger partial charge in [-0.2, -0.15) is 0 Å². The van der Waals surface area contributed by atoms with Crippen LogP contribution in [0.3, 0.4) is 0 Å². The predicted molar refractivity (Wildman–Crippen MR) is 119 cm³/mol. The highest BCUT2D eigenvalue weighted by Crippen LogP contribution is 2.28. The first-order valence-corrected chi connectivity index (χ1v) is 11.5. The molecule has 1 fully saturated rings. The number of carbonyl (C=O) groups is 2. The molecule has 0 bridgehead atoms. The lowest BCUT2D eigenvalue weighted by Gasteiger charge is -2.23. The van der Waals surface area contributed by atoms with Crippen molar-refractivity contribution in [2.75, 3.05) is 19.0 Å². The highest BCUT2D eigenvalue weighted by atomic mass is 32.1. The summed E-state index contributed by atoms with van der Waals surface area (Å²) < 4.78 is 5.17. The van der Waals surface area contributed by atoms with Crippen molar-refractivity contribution < 1.29 is 14.3 Å². The molecule has 2 amide bonds. The SMILES string of the molecule is CCCCCCCC(=O)N1CCCC1C(=O)Nc1nnc(-c2ccc(OC)cc2)s1. The van der Waals surface area contributed by atoms with E-state index >= 15 is 0 Å². The molecule has 0 saturated carbocycles. The Balaban J connectivity index is 1.54. The number of aromatic nitrogens is 2. The van der Waals surface area contributed by atoms with Crippen LogP contribution in [0.5, 0.6) is 5.75 Å². The summed E-state index contributed by atoms with van der Waals surface area (Å²) in [6.45, 7) is 2.83. The molecule has 7 nitrogen and oxygen atoms in total.